The molecular formula is C14H15F2NO. The summed E-state index contributed by atoms with van der Waals surface area (Å²) in [5.74, 6) is -1.73. The molecule has 1 aliphatic rings. The predicted octanol–water partition coefficient (Wildman–Crippen LogP) is 3.65. The van der Waals surface area contributed by atoms with E-state index in [2.05, 4.69) is 5.32 Å². The van der Waals surface area contributed by atoms with Crippen LogP contribution in [0.25, 0.3) is 0 Å². The Labute approximate surface area is 105 Å². The standard InChI is InChI=1S/C14H15F2NO/c1-14(2)7-10(5-11(18)8-14)17-9-3-4-12(15)13(16)6-9/h3-6,17H,7-8H2,1-2H3. The Bertz CT molecular complexity index is 521. The van der Waals surface area contributed by atoms with E-state index in [9.17, 15) is 13.6 Å². The van der Waals surface area contributed by atoms with Crippen molar-refractivity contribution in [2.24, 2.45) is 5.41 Å². The molecule has 1 aliphatic carbocycles. The van der Waals surface area contributed by atoms with Crippen molar-refractivity contribution in [3.05, 3.63) is 41.6 Å². The van der Waals surface area contributed by atoms with Crippen molar-refractivity contribution >= 4 is 11.5 Å². The van der Waals surface area contributed by atoms with E-state index in [1.165, 1.54) is 12.1 Å². The summed E-state index contributed by atoms with van der Waals surface area (Å²) in [6, 6.07) is 3.60. The van der Waals surface area contributed by atoms with Crippen molar-refractivity contribution in [1.29, 1.82) is 0 Å². The maximum absolute atomic E-state index is 13.1. The highest BCUT2D eigenvalue weighted by Crippen LogP contribution is 2.34. The van der Waals surface area contributed by atoms with Gasteiger partial charge >= 0.3 is 0 Å². The Morgan fingerprint density at radius 3 is 2.50 bits per heavy atom. The second-order valence-corrected chi connectivity index (χ2v) is 5.41. The Hall–Kier alpha value is -1.71. The lowest BCUT2D eigenvalue weighted by atomic mass is 9.79. The molecule has 0 spiro atoms. The minimum atomic E-state index is -0.901. The van der Waals surface area contributed by atoms with Crippen LogP contribution in [0.3, 0.4) is 0 Å². The molecule has 96 valence electrons. The number of rotatable bonds is 2. The highest BCUT2D eigenvalue weighted by Gasteiger charge is 2.27. The molecule has 2 nitrogen and oxygen atoms in total. The van der Waals surface area contributed by atoms with Gasteiger partial charge in [0.2, 0.25) is 0 Å². The summed E-state index contributed by atoms with van der Waals surface area (Å²) >= 11 is 0. The minimum absolute atomic E-state index is 0.0522. The second kappa shape index (κ2) is 4.52. The number of hydrogen-bond acceptors (Lipinski definition) is 2. The lowest BCUT2D eigenvalue weighted by molar-refractivity contribution is -0.117. The monoisotopic (exact) mass is 251 g/mol. The number of anilines is 1. The zero-order valence-corrected chi connectivity index (χ0v) is 10.4. The number of ketones is 1. The zero-order chi connectivity index (χ0) is 13.3. The molecule has 0 heterocycles. The first-order valence-corrected chi connectivity index (χ1v) is 5.81. The fourth-order valence-electron chi connectivity index (χ4n) is 2.19. The highest BCUT2D eigenvalue weighted by molar-refractivity contribution is 5.92. The molecule has 2 rings (SSSR count). The van der Waals surface area contributed by atoms with Gasteiger partial charge in [0.25, 0.3) is 0 Å². The van der Waals surface area contributed by atoms with E-state index >= 15 is 0 Å². The third-order valence-electron chi connectivity index (χ3n) is 2.88. The van der Waals surface area contributed by atoms with Gasteiger partial charge < -0.3 is 5.32 Å². The predicted molar refractivity (Wildman–Crippen MR) is 66.1 cm³/mol. The normalized spacial score (nSPS) is 18.4. The number of allylic oxidation sites excluding steroid dienone is 2. The molecule has 4 heteroatoms. The van der Waals surface area contributed by atoms with Crippen molar-refractivity contribution in [2.45, 2.75) is 26.7 Å². The van der Waals surface area contributed by atoms with E-state index in [1.54, 1.807) is 0 Å². The number of halogens is 2. The van der Waals surface area contributed by atoms with Crippen molar-refractivity contribution in [3.63, 3.8) is 0 Å². The molecule has 0 atom stereocenters. The van der Waals surface area contributed by atoms with Crippen LogP contribution >= 0.6 is 0 Å². The Morgan fingerprint density at radius 2 is 1.89 bits per heavy atom. The molecule has 0 amide bonds. The fraction of sp³-hybridized carbons (Fsp3) is 0.357. The van der Waals surface area contributed by atoms with E-state index in [1.807, 2.05) is 13.8 Å². The summed E-state index contributed by atoms with van der Waals surface area (Å²) < 4.78 is 25.9. The molecule has 0 radical (unpaired) electrons. The summed E-state index contributed by atoms with van der Waals surface area (Å²) in [5, 5.41) is 2.97. The van der Waals surface area contributed by atoms with Crippen LogP contribution in [-0.4, -0.2) is 5.78 Å². The van der Waals surface area contributed by atoms with Crippen LogP contribution in [0.4, 0.5) is 14.5 Å². The van der Waals surface area contributed by atoms with Crippen LogP contribution in [0.2, 0.25) is 0 Å². The number of nitrogens with one attached hydrogen (secondary N) is 1. The van der Waals surface area contributed by atoms with Crippen LogP contribution in [0, 0.1) is 17.0 Å². The molecule has 1 aromatic rings. The smallest absolute Gasteiger partial charge is 0.160 e. The van der Waals surface area contributed by atoms with Crippen LogP contribution < -0.4 is 5.32 Å². The average Bonchev–Trinajstić information content (AvgIpc) is 2.20. The minimum Gasteiger partial charge on any atom is -0.359 e. The molecule has 0 fully saturated rings. The molecule has 1 N–H and O–H groups in total. The first kappa shape index (κ1) is 12.7. The van der Waals surface area contributed by atoms with Crippen molar-refractivity contribution in [1.82, 2.24) is 0 Å². The Balaban J connectivity index is 2.18. The van der Waals surface area contributed by atoms with Crippen LogP contribution in [0.15, 0.2) is 30.0 Å². The first-order valence-electron chi connectivity index (χ1n) is 5.81. The Morgan fingerprint density at radius 1 is 1.17 bits per heavy atom. The van der Waals surface area contributed by atoms with E-state index in [0.29, 0.717) is 18.5 Å². The lowest BCUT2D eigenvalue weighted by Gasteiger charge is -2.29. The first-order chi connectivity index (χ1) is 8.35. The van der Waals surface area contributed by atoms with E-state index < -0.39 is 11.6 Å². The molecule has 0 saturated carbocycles. The third kappa shape index (κ3) is 2.94. The lowest BCUT2D eigenvalue weighted by Crippen LogP contribution is -2.24. The van der Waals surface area contributed by atoms with Gasteiger partial charge in [0, 0.05) is 29.9 Å². The van der Waals surface area contributed by atoms with Gasteiger partial charge in [-0.25, -0.2) is 8.78 Å². The number of carbonyl (C=O) groups is 1. The van der Waals surface area contributed by atoms with Gasteiger partial charge in [-0.3, -0.25) is 4.79 Å². The van der Waals surface area contributed by atoms with Crippen LogP contribution in [0.1, 0.15) is 26.7 Å². The largest absolute Gasteiger partial charge is 0.359 e. The number of hydrogen-bond donors (Lipinski definition) is 1. The van der Waals surface area contributed by atoms with Gasteiger partial charge in [-0.15, -0.1) is 0 Å². The molecule has 0 unspecified atom stereocenters. The highest BCUT2D eigenvalue weighted by atomic mass is 19.2. The maximum Gasteiger partial charge on any atom is 0.160 e. The van der Waals surface area contributed by atoms with Gasteiger partial charge in [-0.1, -0.05) is 13.8 Å². The molecule has 0 aliphatic heterocycles. The maximum atomic E-state index is 13.1. The summed E-state index contributed by atoms with van der Waals surface area (Å²) in [6.45, 7) is 4.01. The van der Waals surface area contributed by atoms with Crippen molar-refractivity contribution in [3.8, 4) is 0 Å². The van der Waals surface area contributed by atoms with Crippen molar-refractivity contribution < 1.29 is 13.6 Å². The van der Waals surface area contributed by atoms with Gasteiger partial charge in [-0.05, 0) is 24.0 Å². The van der Waals surface area contributed by atoms with Gasteiger partial charge in [0.1, 0.15) is 0 Å². The quantitative estimate of drug-likeness (QED) is 0.869. The topological polar surface area (TPSA) is 29.1 Å². The molecular weight excluding hydrogens is 236 g/mol. The molecule has 0 aromatic heterocycles. The van der Waals surface area contributed by atoms with Crippen LogP contribution in [-0.2, 0) is 4.79 Å². The third-order valence-corrected chi connectivity index (χ3v) is 2.88. The second-order valence-electron chi connectivity index (χ2n) is 5.41. The van der Waals surface area contributed by atoms with Crippen LogP contribution in [0.5, 0.6) is 0 Å². The van der Waals surface area contributed by atoms with E-state index in [0.717, 1.165) is 17.8 Å². The SMILES string of the molecule is CC1(C)CC(=O)C=C(Nc2ccc(F)c(F)c2)C1. The molecule has 0 saturated heterocycles. The van der Waals surface area contributed by atoms with Gasteiger partial charge in [0.05, 0.1) is 0 Å². The average molecular weight is 251 g/mol. The molecule has 18 heavy (non-hydrogen) atoms. The summed E-state index contributed by atoms with van der Waals surface area (Å²) in [5.41, 5.74) is 1.08. The molecule has 0 bridgehead atoms. The number of carbonyl (C=O) groups excluding carboxylic acids is 1. The zero-order valence-electron chi connectivity index (χ0n) is 10.4. The van der Waals surface area contributed by atoms with Gasteiger partial charge in [0.15, 0.2) is 17.4 Å². The Kier molecular flexibility index (Phi) is 3.20. The summed E-state index contributed by atoms with van der Waals surface area (Å²) in [6.07, 6.45) is 2.75. The fourth-order valence-corrected chi connectivity index (χ4v) is 2.19. The number of benzene rings is 1. The van der Waals surface area contributed by atoms with Gasteiger partial charge in [-0.2, -0.15) is 0 Å². The summed E-state index contributed by atoms with van der Waals surface area (Å²) in [7, 11) is 0. The summed E-state index contributed by atoms with van der Waals surface area (Å²) in [4.78, 5) is 11.5. The van der Waals surface area contributed by atoms with E-state index in [-0.39, 0.29) is 11.2 Å². The van der Waals surface area contributed by atoms with Crippen molar-refractivity contribution in [2.75, 3.05) is 5.32 Å². The molecule has 1 aromatic carbocycles. The van der Waals surface area contributed by atoms with E-state index in [4.69, 9.17) is 0 Å².